The average Bonchev–Trinajstić information content (AvgIpc) is 3.63. The van der Waals surface area contributed by atoms with E-state index < -0.39 is 36.4 Å². The SMILES string of the molecule is Cc1ccc(CN2CCN(c3nccn4c(-c5cccnc5)cnc34)CC2)s1.O=C(O)C(F)(F)F.O=C(O)C(F)(F)F.O=C(O)C(F)(F)F. The number of aromatic nitrogens is 4. The van der Waals surface area contributed by atoms with Crippen molar-refractivity contribution in [2.45, 2.75) is 32.0 Å². The number of alkyl halides is 9. The highest BCUT2D eigenvalue weighted by atomic mass is 32.1. The van der Waals surface area contributed by atoms with Crippen molar-refractivity contribution < 1.29 is 69.2 Å². The number of piperazine rings is 1. The number of anilines is 1. The lowest BCUT2D eigenvalue weighted by Gasteiger charge is -2.35. The second kappa shape index (κ2) is 16.9. The molecule has 4 aromatic rings. The van der Waals surface area contributed by atoms with E-state index in [2.05, 4.69) is 54.3 Å². The summed E-state index contributed by atoms with van der Waals surface area (Å²) in [6.45, 7) is 7.21. The van der Waals surface area contributed by atoms with Gasteiger partial charge in [-0.05, 0) is 31.2 Å². The Morgan fingerprint density at radius 2 is 1.31 bits per heavy atom. The number of thiophene rings is 1. The van der Waals surface area contributed by atoms with E-state index in [0.717, 1.165) is 55.4 Å². The van der Waals surface area contributed by atoms with Crippen molar-refractivity contribution in [2.75, 3.05) is 31.1 Å². The Morgan fingerprint density at radius 3 is 1.73 bits per heavy atom. The zero-order chi connectivity index (χ0) is 37.2. The highest BCUT2D eigenvalue weighted by Crippen LogP contribution is 2.26. The number of carboxylic acids is 3. The lowest BCUT2D eigenvalue weighted by Crippen LogP contribution is -2.46. The van der Waals surface area contributed by atoms with Crippen LogP contribution in [0.4, 0.5) is 45.3 Å². The molecule has 1 saturated heterocycles. The molecule has 0 atom stereocenters. The van der Waals surface area contributed by atoms with Crippen LogP contribution in [0.15, 0.2) is 55.2 Å². The molecule has 268 valence electrons. The maximum absolute atomic E-state index is 10.6. The monoisotopic (exact) mass is 732 g/mol. The third-order valence-electron chi connectivity index (χ3n) is 5.94. The first-order valence-corrected chi connectivity index (χ1v) is 14.1. The van der Waals surface area contributed by atoms with Crippen LogP contribution in [0.1, 0.15) is 9.75 Å². The Morgan fingerprint density at radius 1 is 0.776 bits per heavy atom. The first kappa shape index (κ1) is 40.2. The summed E-state index contributed by atoms with van der Waals surface area (Å²) in [6.07, 6.45) is -5.84. The Kier molecular flexibility index (Phi) is 13.9. The van der Waals surface area contributed by atoms with Crippen molar-refractivity contribution in [3.8, 4) is 11.3 Å². The van der Waals surface area contributed by atoms with Gasteiger partial charge in [0, 0.05) is 72.8 Å². The maximum atomic E-state index is 10.6. The number of imidazole rings is 1. The maximum Gasteiger partial charge on any atom is 0.490 e. The predicted octanol–water partition coefficient (Wildman–Crippen LogP) is 5.38. The van der Waals surface area contributed by atoms with Gasteiger partial charge in [0.2, 0.25) is 0 Å². The molecular formula is C27H25F9N6O6S. The molecule has 1 aliphatic rings. The molecule has 0 bridgehead atoms. The first-order valence-electron chi connectivity index (χ1n) is 13.3. The molecule has 0 saturated carbocycles. The Bertz CT molecular complexity index is 1630. The summed E-state index contributed by atoms with van der Waals surface area (Å²) in [5.74, 6) is -7.31. The van der Waals surface area contributed by atoms with E-state index in [-0.39, 0.29) is 0 Å². The lowest BCUT2D eigenvalue weighted by molar-refractivity contribution is -0.193. The Balaban J connectivity index is 0.000000325. The first-order chi connectivity index (χ1) is 22.6. The summed E-state index contributed by atoms with van der Waals surface area (Å²) in [6, 6.07) is 8.46. The van der Waals surface area contributed by atoms with Gasteiger partial charge >= 0.3 is 36.4 Å². The quantitative estimate of drug-likeness (QED) is 0.231. The van der Waals surface area contributed by atoms with Gasteiger partial charge in [-0.1, -0.05) is 0 Å². The van der Waals surface area contributed by atoms with E-state index in [4.69, 9.17) is 29.7 Å². The van der Waals surface area contributed by atoms with Gasteiger partial charge in [-0.15, -0.1) is 11.3 Å². The Labute approximate surface area is 273 Å². The summed E-state index contributed by atoms with van der Waals surface area (Å²) >= 11 is 1.90. The molecular weight excluding hydrogens is 707 g/mol. The van der Waals surface area contributed by atoms with Crippen LogP contribution in [-0.4, -0.2) is 102 Å². The van der Waals surface area contributed by atoms with Crippen LogP contribution < -0.4 is 4.90 Å². The number of pyridine rings is 1. The van der Waals surface area contributed by atoms with Crippen molar-refractivity contribution in [1.82, 2.24) is 24.3 Å². The number of nitrogens with zero attached hydrogens (tertiary/aromatic N) is 6. The summed E-state index contributed by atoms with van der Waals surface area (Å²) < 4.78 is 97.3. The molecule has 5 heterocycles. The van der Waals surface area contributed by atoms with Crippen molar-refractivity contribution in [1.29, 1.82) is 0 Å². The van der Waals surface area contributed by atoms with Crippen LogP contribution in [0.2, 0.25) is 0 Å². The molecule has 0 unspecified atom stereocenters. The van der Waals surface area contributed by atoms with E-state index in [1.54, 1.807) is 6.20 Å². The van der Waals surface area contributed by atoms with Gasteiger partial charge < -0.3 is 20.2 Å². The third kappa shape index (κ3) is 12.9. The smallest absolute Gasteiger partial charge is 0.475 e. The minimum absolute atomic E-state index is 0.906. The number of fused-ring (bicyclic) bond motifs is 1. The normalized spacial score (nSPS) is 13.6. The predicted molar refractivity (Wildman–Crippen MR) is 154 cm³/mol. The second-order valence-electron chi connectivity index (χ2n) is 9.51. The molecule has 5 rings (SSSR count). The summed E-state index contributed by atoms with van der Waals surface area (Å²) in [4.78, 5) is 48.0. The highest BCUT2D eigenvalue weighted by Gasteiger charge is 2.39. The van der Waals surface area contributed by atoms with Crippen LogP contribution in [0, 0.1) is 6.92 Å². The molecule has 12 nitrogen and oxygen atoms in total. The summed E-state index contributed by atoms with van der Waals surface area (Å²) in [7, 11) is 0. The third-order valence-corrected chi connectivity index (χ3v) is 6.93. The van der Waals surface area contributed by atoms with E-state index >= 15 is 0 Å². The van der Waals surface area contributed by atoms with Gasteiger partial charge in [0.25, 0.3) is 0 Å². The lowest BCUT2D eigenvalue weighted by atomic mass is 10.2. The number of aliphatic carboxylic acids is 3. The van der Waals surface area contributed by atoms with Gasteiger partial charge in [-0.25, -0.2) is 24.4 Å². The number of hydrogen-bond acceptors (Lipinski definition) is 9. The topological polar surface area (TPSA) is 161 Å². The van der Waals surface area contributed by atoms with Gasteiger partial charge in [0.1, 0.15) is 0 Å². The number of aryl methyl sites for hydroxylation is 1. The van der Waals surface area contributed by atoms with Crippen LogP contribution in [0.5, 0.6) is 0 Å². The van der Waals surface area contributed by atoms with Crippen molar-refractivity contribution in [2.24, 2.45) is 0 Å². The molecule has 22 heteroatoms. The molecule has 0 aliphatic carbocycles. The van der Waals surface area contributed by atoms with Crippen LogP contribution in [0.25, 0.3) is 16.9 Å². The molecule has 0 radical (unpaired) electrons. The van der Waals surface area contributed by atoms with Crippen LogP contribution in [-0.2, 0) is 20.9 Å². The molecule has 0 amide bonds. The largest absolute Gasteiger partial charge is 0.490 e. The zero-order valence-corrected chi connectivity index (χ0v) is 25.6. The van der Waals surface area contributed by atoms with Gasteiger partial charge in [0.15, 0.2) is 11.5 Å². The average molecular weight is 733 g/mol. The van der Waals surface area contributed by atoms with Crippen LogP contribution in [0.3, 0.4) is 0 Å². The fraction of sp³-hybridized carbons (Fsp3) is 0.333. The number of carboxylic acid groups (broad SMARTS) is 3. The molecule has 4 aromatic heterocycles. The number of rotatable bonds is 4. The Hall–Kier alpha value is -4.99. The fourth-order valence-corrected chi connectivity index (χ4v) is 4.70. The number of halogens is 9. The zero-order valence-electron chi connectivity index (χ0n) is 24.8. The second-order valence-corrected chi connectivity index (χ2v) is 10.9. The molecule has 49 heavy (non-hydrogen) atoms. The minimum atomic E-state index is -5.08. The minimum Gasteiger partial charge on any atom is -0.475 e. The molecule has 3 N–H and O–H groups in total. The van der Waals surface area contributed by atoms with E-state index in [0.29, 0.717) is 0 Å². The molecule has 1 aliphatic heterocycles. The molecule has 1 fully saturated rings. The van der Waals surface area contributed by atoms with Gasteiger partial charge in [-0.2, -0.15) is 39.5 Å². The number of carbonyl (C=O) groups is 3. The van der Waals surface area contributed by atoms with Gasteiger partial charge in [-0.3, -0.25) is 14.3 Å². The summed E-state index contributed by atoms with van der Waals surface area (Å²) in [5.41, 5.74) is 3.00. The summed E-state index contributed by atoms with van der Waals surface area (Å²) in [5, 5.41) is 21.4. The van der Waals surface area contributed by atoms with E-state index in [9.17, 15) is 39.5 Å². The van der Waals surface area contributed by atoms with Crippen molar-refractivity contribution in [3.63, 3.8) is 0 Å². The molecule has 0 spiro atoms. The molecule has 0 aromatic carbocycles. The van der Waals surface area contributed by atoms with Gasteiger partial charge in [0.05, 0.1) is 11.9 Å². The van der Waals surface area contributed by atoms with E-state index in [1.807, 2.05) is 42.2 Å². The number of hydrogen-bond donors (Lipinski definition) is 3. The standard InChI is InChI=1S/C21H22N6S.3C2HF3O2/c1-16-4-5-18(28-16)15-25-9-11-26(12-10-25)20-21-24-14-19(27(21)8-7-23-20)17-3-2-6-22-13-17;3*3-2(4,5)1(6)7/h2-8,13-14H,9-12,15H2,1H3;3*(H,6,7). The van der Waals surface area contributed by atoms with Crippen LogP contribution >= 0.6 is 11.3 Å². The van der Waals surface area contributed by atoms with Crippen molar-refractivity contribution in [3.05, 3.63) is 65.0 Å². The van der Waals surface area contributed by atoms with E-state index in [1.165, 1.54) is 9.75 Å². The van der Waals surface area contributed by atoms with Crippen molar-refractivity contribution >= 4 is 40.7 Å². The fourth-order valence-electron chi connectivity index (χ4n) is 3.76. The highest BCUT2D eigenvalue weighted by molar-refractivity contribution is 7.11.